The molecule has 0 aromatic carbocycles. The Morgan fingerprint density at radius 2 is 2.06 bits per heavy atom. The summed E-state index contributed by atoms with van der Waals surface area (Å²) in [5, 5.41) is 6.05. The second-order valence-electron chi connectivity index (χ2n) is 8.67. The number of nitrogens with one attached hydrogen (secondary N) is 2. The Balaban J connectivity index is 1.75. The maximum Gasteiger partial charge on any atom is 0.280 e. The third kappa shape index (κ3) is 5.00. The van der Waals surface area contributed by atoms with Crippen LogP contribution in [0.25, 0.3) is 10.4 Å². The number of rotatable bonds is 8. The van der Waals surface area contributed by atoms with Gasteiger partial charge >= 0.3 is 0 Å². The van der Waals surface area contributed by atoms with Gasteiger partial charge in [0.2, 0.25) is 0 Å². The fourth-order valence-corrected chi connectivity index (χ4v) is 5.10. The smallest absolute Gasteiger partial charge is 0.280 e. The first kappa shape index (κ1) is 23.5. The first-order valence-electron chi connectivity index (χ1n) is 11.5. The van der Waals surface area contributed by atoms with Gasteiger partial charge in [0.15, 0.2) is 5.01 Å². The Labute approximate surface area is 196 Å². The number of thiazole rings is 1. The molecule has 2 aromatic rings. The van der Waals surface area contributed by atoms with Crippen LogP contribution in [0.2, 0.25) is 0 Å². The third-order valence-electron chi connectivity index (χ3n) is 6.25. The van der Waals surface area contributed by atoms with Gasteiger partial charge in [0, 0.05) is 42.5 Å². The largest absolute Gasteiger partial charge is 0.370 e. The zero-order valence-corrected chi connectivity index (χ0v) is 19.7. The molecule has 178 valence electrons. The van der Waals surface area contributed by atoms with Gasteiger partial charge in [0.25, 0.3) is 18.2 Å². The van der Waals surface area contributed by atoms with Gasteiger partial charge in [0.05, 0.1) is 4.88 Å². The normalized spacial score (nSPS) is 18.5. The summed E-state index contributed by atoms with van der Waals surface area (Å²) in [6, 6.07) is 1.45. The van der Waals surface area contributed by atoms with Crippen LogP contribution in [0.3, 0.4) is 0 Å². The number of hydrogen-bond donors (Lipinski definition) is 2. The summed E-state index contributed by atoms with van der Waals surface area (Å²) in [4.78, 5) is 36.8. The van der Waals surface area contributed by atoms with E-state index in [1.165, 1.54) is 12.3 Å². The lowest BCUT2D eigenvalue weighted by Crippen LogP contribution is -2.39. The second-order valence-corrected chi connectivity index (χ2v) is 9.67. The van der Waals surface area contributed by atoms with Crippen molar-refractivity contribution in [1.82, 2.24) is 20.2 Å². The molecule has 2 aromatic heterocycles. The number of anilines is 1. The quantitative estimate of drug-likeness (QED) is 0.566. The molecule has 10 heteroatoms. The standard InChI is InChI=1S/C23H29F2N5O2S/c1-3-9-26-17-11-15(20(24)25)16(12-27-17)19-18(23(32)30-10-5-6-13(30)2)29-22(33-19)21(31)28-14-7-4-8-14/h11-14,20H,3-10H2,1-2H3,(H,26,27)(H,28,31). The Kier molecular flexibility index (Phi) is 7.21. The van der Waals surface area contributed by atoms with E-state index in [1.54, 1.807) is 4.90 Å². The Bertz CT molecular complexity index is 1020. The van der Waals surface area contributed by atoms with E-state index in [1.807, 2.05) is 13.8 Å². The number of aromatic nitrogens is 2. The highest BCUT2D eigenvalue weighted by molar-refractivity contribution is 7.17. The molecule has 3 heterocycles. The topological polar surface area (TPSA) is 87.2 Å². The zero-order valence-electron chi connectivity index (χ0n) is 18.9. The van der Waals surface area contributed by atoms with E-state index in [0.29, 0.717) is 18.9 Å². The summed E-state index contributed by atoms with van der Waals surface area (Å²) < 4.78 is 28.1. The maximum atomic E-state index is 14.1. The van der Waals surface area contributed by atoms with E-state index in [-0.39, 0.29) is 50.6 Å². The molecule has 33 heavy (non-hydrogen) atoms. The minimum Gasteiger partial charge on any atom is -0.370 e. The van der Waals surface area contributed by atoms with Gasteiger partial charge in [-0.3, -0.25) is 9.59 Å². The molecule has 2 N–H and O–H groups in total. The first-order chi connectivity index (χ1) is 15.9. The minimum atomic E-state index is -2.77. The predicted molar refractivity (Wildman–Crippen MR) is 124 cm³/mol. The number of carbonyl (C=O) groups is 2. The van der Waals surface area contributed by atoms with Crippen LogP contribution in [-0.2, 0) is 0 Å². The van der Waals surface area contributed by atoms with Crippen molar-refractivity contribution in [2.24, 2.45) is 0 Å². The van der Waals surface area contributed by atoms with Crippen LogP contribution in [-0.4, -0.2) is 51.9 Å². The van der Waals surface area contributed by atoms with Gasteiger partial charge in [-0.25, -0.2) is 18.7 Å². The van der Waals surface area contributed by atoms with Gasteiger partial charge in [-0.2, -0.15) is 0 Å². The van der Waals surface area contributed by atoms with E-state index in [4.69, 9.17) is 0 Å². The van der Waals surface area contributed by atoms with E-state index < -0.39 is 6.43 Å². The Hall–Kier alpha value is -2.62. The number of amides is 2. The van der Waals surface area contributed by atoms with Crippen molar-refractivity contribution in [2.75, 3.05) is 18.4 Å². The number of nitrogens with zero attached hydrogens (tertiary/aromatic N) is 3. The SMILES string of the molecule is CCCNc1cc(C(F)F)c(-c2sc(C(=O)NC3CCC3)nc2C(=O)N2CCCC2C)cn1. The average Bonchev–Trinajstić information content (AvgIpc) is 3.40. The molecule has 2 amide bonds. The molecule has 1 aliphatic carbocycles. The van der Waals surface area contributed by atoms with E-state index >= 15 is 0 Å². The van der Waals surface area contributed by atoms with Crippen molar-refractivity contribution in [3.63, 3.8) is 0 Å². The van der Waals surface area contributed by atoms with Crippen LogP contribution >= 0.6 is 11.3 Å². The number of pyridine rings is 1. The molecule has 7 nitrogen and oxygen atoms in total. The lowest BCUT2D eigenvalue weighted by molar-refractivity contribution is 0.0743. The van der Waals surface area contributed by atoms with Gasteiger partial charge in [-0.1, -0.05) is 6.92 Å². The fraction of sp³-hybridized carbons (Fsp3) is 0.565. The van der Waals surface area contributed by atoms with Crippen molar-refractivity contribution in [1.29, 1.82) is 0 Å². The van der Waals surface area contributed by atoms with Crippen LogP contribution < -0.4 is 10.6 Å². The van der Waals surface area contributed by atoms with Crippen molar-refractivity contribution < 1.29 is 18.4 Å². The summed E-state index contributed by atoms with van der Waals surface area (Å²) in [7, 11) is 0. The Morgan fingerprint density at radius 3 is 2.67 bits per heavy atom. The third-order valence-corrected chi connectivity index (χ3v) is 7.34. The molecule has 1 aliphatic heterocycles. The van der Waals surface area contributed by atoms with Crippen molar-refractivity contribution in [3.05, 3.63) is 28.5 Å². The van der Waals surface area contributed by atoms with Crippen molar-refractivity contribution in [3.8, 4) is 10.4 Å². The molecular weight excluding hydrogens is 448 g/mol. The molecule has 1 unspecified atom stereocenters. The van der Waals surface area contributed by atoms with Crippen LogP contribution in [0.4, 0.5) is 14.6 Å². The molecule has 2 aliphatic rings. The van der Waals surface area contributed by atoms with Gasteiger partial charge in [0.1, 0.15) is 11.5 Å². The molecular formula is C23H29F2N5O2S. The monoisotopic (exact) mass is 477 g/mol. The summed E-state index contributed by atoms with van der Waals surface area (Å²) in [5.41, 5.74) is -0.0466. The number of hydrogen-bond acceptors (Lipinski definition) is 6. The average molecular weight is 478 g/mol. The maximum absolute atomic E-state index is 14.1. The number of carbonyl (C=O) groups excluding carboxylic acids is 2. The molecule has 4 rings (SSSR count). The summed E-state index contributed by atoms with van der Waals surface area (Å²) in [5.74, 6) is -0.348. The van der Waals surface area contributed by atoms with Crippen molar-refractivity contribution in [2.45, 2.75) is 70.9 Å². The second kappa shape index (κ2) is 10.1. The highest BCUT2D eigenvalue weighted by Gasteiger charge is 2.33. The molecule has 1 saturated carbocycles. The molecule has 1 atom stereocenters. The van der Waals surface area contributed by atoms with E-state index in [9.17, 15) is 18.4 Å². The lowest BCUT2D eigenvalue weighted by atomic mass is 9.93. The molecule has 1 saturated heterocycles. The van der Waals surface area contributed by atoms with Gasteiger partial charge in [-0.05, 0) is 51.5 Å². The fourth-order valence-electron chi connectivity index (χ4n) is 4.11. The van der Waals surface area contributed by atoms with Gasteiger partial charge < -0.3 is 15.5 Å². The number of alkyl halides is 2. The molecule has 0 spiro atoms. The summed E-state index contributed by atoms with van der Waals surface area (Å²) >= 11 is 0.977. The van der Waals surface area contributed by atoms with Crippen LogP contribution in [0, 0.1) is 0 Å². The molecule has 0 bridgehead atoms. The van der Waals surface area contributed by atoms with Gasteiger partial charge in [-0.15, -0.1) is 11.3 Å². The van der Waals surface area contributed by atoms with Crippen LogP contribution in [0.5, 0.6) is 0 Å². The van der Waals surface area contributed by atoms with Crippen LogP contribution in [0.15, 0.2) is 12.3 Å². The molecule has 0 radical (unpaired) electrons. The number of likely N-dealkylation sites (tertiary alicyclic amines) is 1. The first-order valence-corrected chi connectivity index (χ1v) is 12.4. The minimum absolute atomic E-state index is 0.0348. The lowest BCUT2D eigenvalue weighted by Gasteiger charge is -2.25. The Morgan fingerprint density at radius 1 is 1.27 bits per heavy atom. The van der Waals surface area contributed by atoms with E-state index in [0.717, 1.165) is 49.9 Å². The van der Waals surface area contributed by atoms with Crippen molar-refractivity contribution >= 4 is 29.0 Å². The number of halogens is 2. The van der Waals surface area contributed by atoms with Crippen LogP contribution in [0.1, 0.15) is 84.7 Å². The molecule has 2 fully saturated rings. The highest BCUT2D eigenvalue weighted by atomic mass is 32.1. The summed E-state index contributed by atoms with van der Waals surface area (Å²) in [6.07, 6.45) is 4.05. The summed E-state index contributed by atoms with van der Waals surface area (Å²) in [6.45, 7) is 5.12. The zero-order chi connectivity index (χ0) is 23.5. The van der Waals surface area contributed by atoms with E-state index in [2.05, 4.69) is 20.6 Å². The predicted octanol–water partition coefficient (Wildman–Crippen LogP) is 4.87. The highest BCUT2D eigenvalue weighted by Crippen LogP contribution is 2.39.